The number of ether oxygens (including phenoxy) is 2. The number of nitro benzene ring substituents is 1. The van der Waals surface area contributed by atoms with Gasteiger partial charge in [0.25, 0.3) is 12.2 Å². The van der Waals surface area contributed by atoms with Crippen molar-refractivity contribution >= 4 is 23.8 Å². The number of carbonyl (C=O) groups is 2. The molecule has 1 heterocycles. The highest BCUT2D eigenvalue weighted by Gasteiger charge is 2.40. The Morgan fingerprint density at radius 1 is 1.36 bits per heavy atom. The fraction of sp³-hybridized carbons (Fsp3) is 0.353. The van der Waals surface area contributed by atoms with Crippen molar-refractivity contribution in [3.05, 3.63) is 51.2 Å². The Hall–Kier alpha value is -3.03. The smallest absolute Gasteiger partial charge is 0.336 e. The third-order valence-corrected chi connectivity index (χ3v) is 4.20. The van der Waals surface area contributed by atoms with Gasteiger partial charge in [-0.1, -0.05) is 18.2 Å². The van der Waals surface area contributed by atoms with Crippen molar-refractivity contribution in [1.29, 1.82) is 0 Å². The van der Waals surface area contributed by atoms with Crippen LogP contribution in [-0.4, -0.2) is 36.8 Å². The fourth-order valence-corrected chi connectivity index (χ4v) is 3.11. The summed E-state index contributed by atoms with van der Waals surface area (Å²) in [5.74, 6) is -1.83. The molecule has 25 heavy (non-hydrogen) atoms. The molecule has 2 atom stereocenters. The zero-order valence-corrected chi connectivity index (χ0v) is 14.1. The Morgan fingerprint density at radius 2 is 2.04 bits per heavy atom. The maximum absolute atomic E-state index is 12.3. The van der Waals surface area contributed by atoms with Gasteiger partial charge in [-0.2, -0.15) is 0 Å². The van der Waals surface area contributed by atoms with Crippen molar-refractivity contribution < 1.29 is 24.0 Å². The van der Waals surface area contributed by atoms with Gasteiger partial charge in [0, 0.05) is 34.9 Å². The van der Waals surface area contributed by atoms with Gasteiger partial charge >= 0.3 is 5.97 Å². The molecule has 1 aliphatic rings. The minimum Gasteiger partial charge on any atom is -0.467 e. The monoisotopic (exact) mass is 346 g/mol. The number of rotatable bonds is 6. The summed E-state index contributed by atoms with van der Waals surface area (Å²) in [5, 5.41) is 11.4. The summed E-state index contributed by atoms with van der Waals surface area (Å²) in [4.78, 5) is 38.3. The third-order valence-electron chi connectivity index (χ3n) is 4.20. The van der Waals surface area contributed by atoms with Crippen LogP contribution in [-0.2, 0) is 19.1 Å². The second kappa shape index (κ2) is 7.69. The first-order valence-electron chi connectivity index (χ1n) is 7.55. The lowest BCUT2D eigenvalue weighted by molar-refractivity contribution is -0.385. The molecule has 8 heteroatoms. The largest absolute Gasteiger partial charge is 0.467 e. The molecule has 0 N–H and O–H groups in total. The summed E-state index contributed by atoms with van der Waals surface area (Å²) in [6, 6.07) is 6.17. The zero-order valence-electron chi connectivity index (χ0n) is 14.1. The number of carbonyl (C=O) groups excluding carboxylic acids is 2. The molecule has 0 saturated carbocycles. The maximum Gasteiger partial charge on any atom is 0.336 e. The van der Waals surface area contributed by atoms with Crippen LogP contribution in [0.2, 0.25) is 0 Å². The van der Waals surface area contributed by atoms with Crippen molar-refractivity contribution in [2.75, 3.05) is 13.7 Å². The second-order valence-corrected chi connectivity index (χ2v) is 5.57. The summed E-state index contributed by atoms with van der Waals surface area (Å²) in [7, 11) is 1.24. The number of aliphatic imine (C=N–C) groups is 1. The van der Waals surface area contributed by atoms with E-state index >= 15 is 0 Å². The molecular formula is C17H18N2O6. The molecule has 1 aromatic rings. The standard InChI is InChI=1S/C17H18N2O6/c1-10-13(8-25-9-20)16(15(11(2)18-10)17(21)24-3)12-6-4-5-7-14(12)19(22)23/h4-7,9,13,16H,8H2,1-3H3. The number of hydrogen-bond acceptors (Lipinski definition) is 7. The first-order chi connectivity index (χ1) is 11.9. The molecule has 0 fully saturated rings. The molecule has 1 aliphatic heterocycles. The van der Waals surface area contributed by atoms with E-state index in [0.29, 0.717) is 23.4 Å². The lowest BCUT2D eigenvalue weighted by atomic mass is 9.75. The van der Waals surface area contributed by atoms with Crippen LogP contribution >= 0.6 is 0 Å². The molecule has 0 aliphatic carbocycles. The predicted molar refractivity (Wildman–Crippen MR) is 89.2 cm³/mol. The van der Waals surface area contributed by atoms with Crippen molar-refractivity contribution in [2.24, 2.45) is 10.9 Å². The van der Waals surface area contributed by atoms with E-state index in [4.69, 9.17) is 9.47 Å². The minimum absolute atomic E-state index is 0.0523. The van der Waals surface area contributed by atoms with Gasteiger partial charge in [0.05, 0.1) is 24.2 Å². The summed E-state index contributed by atoms with van der Waals surface area (Å²) >= 11 is 0. The average Bonchev–Trinajstić information content (AvgIpc) is 2.59. The molecule has 0 saturated heterocycles. The number of nitro groups is 1. The molecule has 0 spiro atoms. The normalized spacial score (nSPS) is 19.9. The van der Waals surface area contributed by atoms with Crippen LogP contribution in [0.25, 0.3) is 0 Å². The van der Waals surface area contributed by atoms with Crippen molar-refractivity contribution in [2.45, 2.75) is 19.8 Å². The second-order valence-electron chi connectivity index (χ2n) is 5.57. The fourth-order valence-electron chi connectivity index (χ4n) is 3.11. The number of nitrogens with zero attached hydrogens (tertiary/aromatic N) is 2. The molecular weight excluding hydrogens is 328 g/mol. The van der Waals surface area contributed by atoms with E-state index in [2.05, 4.69) is 4.99 Å². The van der Waals surface area contributed by atoms with E-state index in [0.717, 1.165) is 0 Å². The number of benzene rings is 1. The molecule has 0 radical (unpaired) electrons. The zero-order chi connectivity index (χ0) is 18.6. The Kier molecular flexibility index (Phi) is 5.63. The quantitative estimate of drug-likeness (QED) is 0.339. The lowest BCUT2D eigenvalue weighted by Gasteiger charge is -2.31. The van der Waals surface area contributed by atoms with Crippen LogP contribution in [0.5, 0.6) is 0 Å². The van der Waals surface area contributed by atoms with E-state index in [1.807, 2.05) is 0 Å². The maximum atomic E-state index is 12.3. The molecule has 2 unspecified atom stereocenters. The molecule has 2 rings (SSSR count). The van der Waals surface area contributed by atoms with Gasteiger partial charge in [0.15, 0.2) is 0 Å². The van der Waals surface area contributed by atoms with Gasteiger partial charge in [-0.15, -0.1) is 0 Å². The molecule has 8 nitrogen and oxygen atoms in total. The Labute approximate surface area is 144 Å². The van der Waals surface area contributed by atoms with Crippen LogP contribution in [0, 0.1) is 16.0 Å². The van der Waals surface area contributed by atoms with Gasteiger partial charge < -0.3 is 9.47 Å². The average molecular weight is 346 g/mol. The number of hydrogen-bond donors (Lipinski definition) is 0. The summed E-state index contributed by atoms with van der Waals surface area (Å²) in [5.41, 5.74) is 1.50. The van der Waals surface area contributed by atoms with Crippen LogP contribution in [0.15, 0.2) is 40.5 Å². The van der Waals surface area contributed by atoms with Gasteiger partial charge in [0.1, 0.15) is 0 Å². The predicted octanol–water partition coefficient (Wildman–Crippen LogP) is 2.39. The number of methoxy groups -OCH3 is 1. The van der Waals surface area contributed by atoms with E-state index in [1.165, 1.54) is 13.2 Å². The molecule has 0 amide bonds. The van der Waals surface area contributed by atoms with Crippen molar-refractivity contribution in [3.8, 4) is 0 Å². The molecule has 0 bridgehead atoms. The van der Waals surface area contributed by atoms with E-state index in [9.17, 15) is 19.7 Å². The van der Waals surface area contributed by atoms with Gasteiger partial charge in [-0.3, -0.25) is 19.9 Å². The van der Waals surface area contributed by atoms with E-state index < -0.39 is 22.7 Å². The Balaban J connectivity index is 2.69. The Morgan fingerprint density at radius 3 is 2.64 bits per heavy atom. The SMILES string of the molecule is COC(=O)C1=C(C)N=C(C)C(COC=O)C1c1ccccc1[N+](=O)[O-]. The lowest BCUT2D eigenvalue weighted by Crippen LogP contribution is -2.33. The first-order valence-corrected chi connectivity index (χ1v) is 7.55. The van der Waals surface area contributed by atoms with Gasteiger partial charge in [-0.25, -0.2) is 4.79 Å². The topological polar surface area (TPSA) is 108 Å². The van der Waals surface area contributed by atoms with Crippen LogP contribution < -0.4 is 0 Å². The van der Waals surface area contributed by atoms with E-state index in [1.54, 1.807) is 32.0 Å². The third kappa shape index (κ3) is 3.57. The molecule has 0 aromatic heterocycles. The van der Waals surface area contributed by atoms with Crippen molar-refractivity contribution in [1.82, 2.24) is 0 Å². The molecule has 1 aromatic carbocycles. The summed E-state index contributed by atoms with van der Waals surface area (Å²) in [6.07, 6.45) is 0. The summed E-state index contributed by atoms with van der Waals surface area (Å²) in [6.45, 7) is 3.63. The van der Waals surface area contributed by atoms with Crippen molar-refractivity contribution in [3.63, 3.8) is 0 Å². The minimum atomic E-state index is -0.702. The first kappa shape index (κ1) is 18.3. The number of allylic oxidation sites excluding steroid dienone is 1. The van der Waals surface area contributed by atoms with Crippen LogP contribution in [0.3, 0.4) is 0 Å². The highest BCUT2D eigenvalue weighted by Crippen LogP contribution is 2.42. The number of esters is 1. The molecule has 132 valence electrons. The van der Waals surface area contributed by atoms with Gasteiger partial charge in [0.2, 0.25) is 0 Å². The highest BCUT2D eigenvalue weighted by molar-refractivity contribution is 5.97. The van der Waals surface area contributed by atoms with Crippen LogP contribution in [0.1, 0.15) is 25.3 Å². The number of para-hydroxylation sites is 1. The highest BCUT2D eigenvalue weighted by atomic mass is 16.6. The van der Waals surface area contributed by atoms with E-state index in [-0.39, 0.29) is 17.9 Å². The Bertz CT molecular complexity index is 768. The van der Waals surface area contributed by atoms with Crippen LogP contribution in [0.4, 0.5) is 5.69 Å². The van der Waals surface area contributed by atoms with Gasteiger partial charge in [-0.05, 0) is 13.8 Å². The summed E-state index contributed by atoms with van der Waals surface area (Å²) < 4.78 is 9.74.